The lowest BCUT2D eigenvalue weighted by atomic mass is 9.89. The number of sulfonamides is 2. The molecule has 2 saturated heterocycles. The first kappa shape index (κ1) is 60.0. The number of hydrogen-bond donors (Lipinski definition) is 6. The van der Waals surface area contributed by atoms with Crippen LogP contribution in [0.3, 0.4) is 0 Å². The molecule has 12 rings (SSSR count). The number of nitrogen functional groups attached to an aromatic ring is 2. The summed E-state index contributed by atoms with van der Waals surface area (Å²) in [5, 5.41) is 18.2. The van der Waals surface area contributed by atoms with E-state index in [1.165, 1.54) is 71.8 Å². The fourth-order valence-corrected chi connectivity index (χ4v) is 13.8. The average Bonchev–Trinajstić information content (AvgIpc) is 1.63. The lowest BCUT2D eigenvalue weighted by molar-refractivity contribution is -0.0103. The smallest absolute Gasteiger partial charge is 0.237 e. The van der Waals surface area contributed by atoms with Gasteiger partial charge < -0.3 is 31.6 Å². The van der Waals surface area contributed by atoms with Crippen LogP contribution in [-0.2, 0) is 41.0 Å². The Kier molecular flexibility index (Phi) is 17.4. The van der Waals surface area contributed by atoms with Crippen LogP contribution in [0.1, 0.15) is 101 Å². The minimum absolute atomic E-state index is 0.00988. The minimum Gasteiger partial charge on any atom is -0.383 e. The van der Waals surface area contributed by atoms with Gasteiger partial charge in [0.2, 0.25) is 20.0 Å². The summed E-state index contributed by atoms with van der Waals surface area (Å²) in [4.78, 5) is 9.00. The van der Waals surface area contributed by atoms with E-state index >= 15 is 8.78 Å². The molecule has 4 aromatic heterocycles. The summed E-state index contributed by atoms with van der Waals surface area (Å²) < 4.78 is 128. The highest BCUT2D eigenvalue weighted by Crippen LogP contribution is 2.42. The number of rotatable bonds is 18. The second kappa shape index (κ2) is 24.9. The van der Waals surface area contributed by atoms with Crippen molar-refractivity contribution in [1.82, 2.24) is 40.2 Å². The Morgan fingerprint density at radius 1 is 0.558 bits per heavy atom. The first-order chi connectivity index (χ1) is 41.2. The summed E-state index contributed by atoms with van der Waals surface area (Å²) in [6, 6.07) is 21.0. The molecule has 8 aromatic rings. The van der Waals surface area contributed by atoms with Crippen molar-refractivity contribution < 1.29 is 43.9 Å². The van der Waals surface area contributed by atoms with Crippen LogP contribution >= 0.6 is 0 Å². The second-order valence-electron chi connectivity index (χ2n) is 22.8. The van der Waals surface area contributed by atoms with Gasteiger partial charge in [-0.3, -0.25) is 18.8 Å². The zero-order valence-electron chi connectivity index (χ0n) is 48.0. The third-order valence-corrected chi connectivity index (χ3v) is 18.3. The highest BCUT2D eigenvalue weighted by molar-refractivity contribution is 7.92. The Hall–Kier alpha value is -7.74. The molecule has 2 aliphatic heterocycles. The van der Waals surface area contributed by atoms with E-state index in [-0.39, 0.29) is 46.2 Å². The fraction of sp³-hybridized carbons (Fsp3) is 0.355. The number of nitrogens with zero attached hydrogens (tertiary/aromatic N) is 6. The zero-order chi connectivity index (χ0) is 60.6. The van der Waals surface area contributed by atoms with Crippen molar-refractivity contribution in [2.45, 2.75) is 114 Å². The third kappa shape index (κ3) is 13.0. The number of anilines is 4. The molecule has 8 N–H and O–H groups in total. The van der Waals surface area contributed by atoms with Crippen molar-refractivity contribution in [2.75, 3.05) is 47.3 Å². The highest BCUT2D eigenvalue weighted by Gasteiger charge is 2.30. The van der Waals surface area contributed by atoms with Gasteiger partial charge in [0.05, 0.1) is 83.2 Å². The number of halogens is 4. The molecule has 6 heterocycles. The number of pyridine rings is 2. The van der Waals surface area contributed by atoms with Crippen LogP contribution in [-0.4, -0.2) is 97.0 Å². The molecule has 2 fully saturated rings. The molecule has 4 aliphatic rings. The van der Waals surface area contributed by atoms with Crippen LogP contribution in [0.15, 0.2) is 109 Å². The van der Waals surface area contributed by atoms with Crippen LogP contribution in [0.4, 0.5) is 40.6 Å². The Labute approximate surface area is 496 Å². The lowest BCUT2D eigenvalue weighted by Crippen LogP contribution is -2.50. The molecule has 0 spiro atoms. The van der Waals surface area contributed by atoms with Crippen LogP contribution in [0.25, 0.3) is 55.5 Å². The van der Waals surface area contributed by atoms with E-state index in [1.54, 1.807) is 36.7 Å². The first-order valence-corrected chi connectivity index (χ1v) is 32.0. The number of nitrogens with one attached hydrogen (secondary N) is 4. The van der Waals surface area contributed by atoms with Gasteiger partial charge in [-0.05, 0) is 114 Å². The largest absolute Gasteiger partial charge is 0.383 e. The van der Waals surface area contributed by atoms with E-state index in [1.807, 2.05) is 37.1 Å². The Bertz CT molecular complexity index is 3900. The quantitative estimate of drug-likeness (QED) is 0.0438. The highest BCUT2D eigenvalue weighted by atomic mass is 32.2. The molecule has 18 nitrogen and oxygen atoms in total. The summed E-state index contributed by atoms with van der Waals surface area (Å²) in [6.07, 6.45) is 13.5. The number of nitrogens with two attached hydrogens (primary N) is 2. The van der Waals surface area contributed by atoms with Gasteiger partial charge in [0.1, 0.15) is 46.3 Å². The Balaban J connectivity index is 0.000000179. The van der Waals surface area contributed by atoms with Gasteiger partial charge in [0.25, 0.3) is 0 Å². The van der Waals surface area contributed by atoms with Gasteiger partial charge in [-0.2, -0.15) is 10.2 Å². The van der Waals surface area contributed by atoms with Gasteiger partial charge in [-0.15, -0.1) is 0 Å². The number of allylic oxidation sites excluding steroid dienone is 2. The van der Waals surface area contributed by atoms with Crippen molar-refractivity contribution in [3.8, 4) is 22.5 Å². The second-order valence-corrected chi connectivity index (χ2v) is 26.3. The zero-order valence-corrected chi connectivity index (χ0v) is 49.6. The molecule has 86 heavy (non-hydrogen) atoms. The molecule has 0 bridgehead atoms. The van der Waals surface area contributed by atoms with E-state index in [2.05, 4.69) is 42.2 Å². The molecular weight excluding hydrogens is 1150 g/mol. The van der Waals surface area contributed by atoms with Crippen LogP contribution in [0.5, 0.6) is 0 Å². The van der Waals surface area contributed by atoms with E-state index in [0.717, 1.165) is 87.1 Å². The predicted molar refractivity (Wildman–Crippen MR) is 327 cm³/mol. The van der Waals surface area contributed by atoms with E-state index in [0.29, 0.717) is 57.5 Å². The number of aromatic nitrogens is 6. The molecule has 2 aliphatic carbocycles. The Morgan fingerprint density at radius 3 is 1.28 bits per heavy atom. The summed E-state index contributed by atoms with van der Waals surface area (Å²) in [5.41, 5.74) is 20.0. The number of fused-ring (bicyclic) bond motifs is 2. The molecule has 452 valence electrons. The number of hydrogen-bond acceptors (Lipinski definition) is 14. The van der Waals surface area contributed by atoms with Gasteiger partial charge in [-0.1, -0.05) is 60.7 Å². The maximum absolute atomic E-state index is 15.4. The number of ether oxygens (including phenoxy) is 2. The van der Waals surface area contributed by atoms with Gasteiger partial charge in [0.15, 0.2) is 0 Å². The molecule has 0 radical (unpaired) electrons. The van der Waals surface area contributed by atoms with Crippen molar-refractivity contribution in [2.24, 2.45) is 0 Å². The summed E-state index contributed by atoms with van der Waals surface area (Å²) in [5.74, 6) is -3.59. The van der Waals surface area contributed by atoms with E-state index in [4.69, 9.17) is 31.1 Å². The monoisotopic (exact) mass is 1220 g/mol. The van der Waals surface area contributed by atoms with E-state index < -0.39 is 54.8 Å². The Morgan fingerprint density at radius 2 is 0.953 bits per heavy atom. The lowest BCUT2D eigenvalue weighted by Gasteiger charge is -2.33. The molecular formula is C62H68F4N12O6S2. The van der Waals surface area contributed by atoms with Crippen molar-refractivity contribution in [3.05, 3.63) is 155 Å². The first-order valence-electron chi connectivity index (χ1n) is 28.7. The van der Waals surface area contributed by atoms with Gasteiger partial charge >= 0.3 is 0 Å². The molecule has 0 amide bonds. The summed E-state index contributed by atoms with van der Waals surface area (Å²) in [7, 11) is -8.17. The SMILES string of the molecule is CC(C)n1nc(-c2ccc(NS(=O)(=O)Cc3ccccc3F)c(F)c2)c2c(N)ncc(C3=CCC(NC4COC4)CC3)c21.CC(C)n1nc(-c2ccc(NS(=O)(=O)Cc3ccccc3F)c(F)c2)c2c(N)ncc(C3=CCC(NC4COC4)CC3)c21. The minimum atomic E-state index is -4.08. The van der Waals surface area contributed by atoms with Gasteiger partial charge in [-0.25, -0.2) is 44.4 Å². The summed E-state index contributed by atoms with van der Waals surface area (Å²) >= 11 is 0. The molecule has 2 unspecified atom stereocenters. The standard InChI is InChI=1S/2C31H34F2N6O3S/c2*1-18(2)39-30-24(19-7-10-22(11-8-19)36-23-15-42-16-23)14-35-31(34)28(30)29(37-39)20-9-12-27(26(33)13-20)38-43(40,41)17-21-5-3-4-6-25(21)32/h2*3-7,9,12-14,18,22-23,36,38H,8,10-11,15-17H2,1-2H3,(H2,34,35). The van der Waals surface area contributed by atoms with Crippen molar-refractivity contribution >= 4 is 76.0 Å². The van der Waals surface area contributed by atoms with E-state index in [9.17, 15) is 25.6 Å². The van der Waals surface area contributed by atoms with Gasteiger partial charge in [0, 0.05) is 69.9 Å². The maximum atomic E-state index is 15.4. The normalized spacial score (nSPS) is 17.7. The summed E-state index contributed by atoms with van der Waals surface area (Å²) in [6.45, 7) is 11.1. The molecule has 0 saturated carbocycles. The molecule has 24 heteroatoms. The molecule has 2 atom stereocenters. The van der Waals surface area contributed by atoms with Crippen LogP contribution in [0.2, 0.25) is 0 Å². The predicted octanol–water partition coefficient (Wildman–Crippen LogP) is 10.8. The fourth-order valence-electron chi connectivity index (χ4n) is 11.3. The van der Waals surface area contributed by atoms with Crippen LogP contribution < -0.4 is 31.5 Å². The topological polar surface area (TPSA) is 248 Å². The van der Waals surface area contributed by atoms with Crippen molar-refractivity contribution in [3.63, 3.8) is 0 Å². The average molecular weight is 1220 g/mol. The molecule has 4 aromatic carbocycles. The number of benzene rings is 4. The van der Waals surface area contributed by atoms with Crippen molar-refractivity contribution in [1.29, 1.82) is 0 Å². The van der Waals surface area contributed by atoms with Crippen LogP contribution in [0, 0.1) is 23.3 Å². The maximum Gasteiger partial charge on any atom is 0.237 e. The third-order valence-electron chi connectivity index (χ3n) is 15.8.